The summed E-state index contributed by atoms with van der Waals surface area (Å²) in [6.45, 7) is 3.10. The molecule has 0 radical (unpaired) electrons. The molecule has 1 saturated heterocycles. The summed E-state index contributed by atoms with van der Waals surface area (Å²) in [5.74, 6) is 0.271. The van der Waals surface area contributed by atoms with Crippen LogP contribution in [0, 0.1) is 12.8 Å². The van der Waals surface area contributed by atoms with E-state index >= 15 is 0 Å². The number of aliphatic hydroxyl groups excluding tert-OH is 1. The Morgan fingerprint density at radius 2 is 2.18 bits per heavy atom. The summed E-state index contributed by atoms with van der Waals surface area (Å²) < 4.78 is 0. The van der Waals surface area contributed by atoms with Gasteiger partial charge >= 0.3 is 6.03 Å². The number of aromatic amines is 1. The van der Waals surface area contributed by atoms with Crippen molar-refractivity contribution in [3.8, 4) is 10.6 Å². The van der Waals surface area contributed by atoms with Gasteiger partial charge in [0.15, 0.2) is 5.01 Å². The van der Waals surface area contributed by atoms with E-state index in [2.05, 4.69) is 37.8 Å². The van der Waals surface area contributed by atoms with E-state index in [0.29, 0.717) is 23.2 Å². The van der Waals surface area contributed by atoms with Gasteiger partial charge in [0.1, 0.15) is 0 Å². The number of urea groups is 1. The highest BCUT2D eigenvalue weighted by molar-refractivity contribution is 7.18. The molecule has 0 spiro atoms. The molecule has 1 fully saturated rings. The normalized spacial score (nSPS) is 19.6. The minimum Gasteiger partial charge on any atom is -0.396 e. The zero-order valence-corrected chi connectivity index (χ0v) is 16.3. The van der Waals surface area contributed by atoms with Crippen LogP contribution in [0.5, 0.6) is 0 Å². The van der Waals surface area contributed by atoms with Gasteiger partial charge in [0, 0.05) is 31.3 Å². The highest BCUT2D eigenvalue weighted by Gasteiger charge is 2.32. The topological polar surface area (TPSA) is 107 Å². The Labute approximate surface area is 166 Å². The van der Waals surface area contributed by atoms with Gasteiger partial charge in [-0.2, -0.15) is 5.10 Å². The number of aryl methyl sites for hydroxylation is 1. The molecule has 3 heterocycles. The van der Waals surface area contributed by atoms with Gasteiger partial charge in [-0.3, -0.25) is 10.4 Å². The highest BCUT2D eigenvalue weighted by atomic mass is 32.1. The van der Waals surface area contributed by atoms with Crippen molar-refractivity contribution >= 4 is 22.5 Å². The van der Waals surface area contributed by atoms with Crippen molar-refractivity contribution in [1.82, 2.24) is 25.3 Å². The number of hydrogen-bond acceptors (Lipinski definition) is 6. The minimum absolute atomic E-state index is 0.0143. The molecule has 0 aliphatic carbocycles. The molecule has 28 heavy (non-hydrogen) atoms. The molecule has 146 valence electrons. The number of aromatic nitrogens is 4. The van der Waals surface area contributed by atoms with Gasteiger partial charge in [0.25, 0.3) is 0 Å². The number of nitrogens with one attached hydrogen (secondary N) is 2. The van der Waals surface area contributed by atoms with Crippen molar-refractivity contribution in [2.75, 3.05) is 25.0 Å². The summed E-state index contributed by atoms with van der Waals surface area (Å²) in [5, 5.41) is 28.9. The molecule has 2 amide bonds. The number of piperidine rings is 1. The predicted octanol–water partition coefficient (Wildman–Crippen LogP) is 2.87. The standard InChI is InChI=1S/C19H22N6O2S/c1-12-16(9-20-22-12)17-23-24-18(28-17)21-19(27)25-8-7-15(14(10-25)11-26)13-5-3-2-4-6-13/h2-6,9,14-15,26H,7-8,10-11H2,1H3,(H,20,22)(H,21,24,27)/t14-,15+/m1/s1. The van der Waals surface area contributed by atoms with Crippen LogP contribution in [0.2, 0.25) is 0 Å². The molecule has 8 nitrogen and oxygen atoms in total. The quantitative estimate of drug-likeness (QED) is 0.626. The fourth-order valence-electron chi connectivity index (χ4n) is 3.66. The number of nitrogens with zero attached hydrogens (tertiary/aromatic N) is 4. The monoisotopic (exact) mass is 398 g/mol. The summed E-state index contributed by atoms with van der Waals surface area (Å²) in [7, 11) is 0. The summed E-state index contributed by atoms with van der Waals surface area (Å²) in [6.07, 6.45) is 2.51. The van der Waals surface area contributed by atoms with E-state index < -0.39 is 0 Å². The second kappa shape index (κ2) is 8.07. The van der Waals surface area contributed by atoms with E-state index in [1.807, 2.05) is 25.1 Å². The maximum Gasteiger partial charge on any atom is 0.323 e. The minimum atomic E-state index is -0.212. The summed E-state index contributed by atoms with van der Waals surface area (Å²) in [5.41, 5.74) is 3.00. The average molecular weight is 398 g/mol. The van der Waals surface area contributed by atoms with Gasteiger partial charge in [-0.1, -0.05) is 41.7 Å². The number of likely N-dealkylation sites (tertiary alicyclic amines) is 1. The Hall–Kier alpha value is -2.78. The molecule has 0 unspecified atom stereocenters. The van der Waals surface area contributed by atoms with Crippen LogP contribution in [-0.2, 0) is 0 Å². The SMILES string of the molecule is Cc1[nH]ncc1-c1nnc(NC(=O)N2CC[C@@H](c3ccccc3)[C@@H](CO)C2)s1. The Balaban J connectivity index is 1.41. The lowest BCUT2D eigenvalue weighted by atomic mass is 9.81. The predicted molar refractivity (Wildman–Crippen MR) is 107 cm³/mol. The summed E-state index contributed by atoms with van der Waals surface area (Å²) in [6, 6.07) is 9.97. The van der Waals surface area contributed by atoms with E-state index in [-0.39, 0.29) is 24.5 Å². The fraction of sp³-hybridized carbons (Fsp3) is 0.368. The second-order valence-corrected chi connectivity index (χ2v) is 7.92. The van der Waals surface area contributed by atoms with Crippen molar-refractivity contribution < 1.29 is 9.90 Å². The molecule has 0 bridgehead atoms. The highest BCUT2D eigenvalue weighted by Crippen LogP contribution is 2.33. The first-order valence-electron chi connectivity index (χ1n) is 9.21. The molecule has 9 heteroatoms. The Morgan fingerprint density at radius 1 is 1.36 bits per heavy atom. The third kappa shape index (κ3) is 3.76. The number of benzene rings is 1. The zero-order chi connectivity index (χ0) is 19.5. The molecule has 1 aliphatic heterocycles. The molecular formula is C19H22N6O2S. The number of amides is 2. The van der Waals surface area contributed by atoms with Crippen molar-refractivity contribution in [2.24, 2.45) is 5.92 Å². The van der Waals surface area contributed by atoms with Crippen molar-refractivity contribution in [3.05, 3.63) is 47.8 Å². The average Bonchev–Trinajstić information content (AvgIpc) is 3.36. The van der Waals surface area contributed by atoms with E-state index in [1.54, 1.807) is 11.1 Å². The van der Waals surface area contributed by atoms with E-state index in [4.69, 9.17) is 0 Å². The number of carbonyl (C=O) groups excluding carboxylic acids is 1. The van der Waals surface area contributed by atoms with E-state index in [9.17, 15) is 9.90 Å². The van der Waals surface area contributed by atoms with Crippen LogP contribution >= 0.6 is 11.3 Å². The van der Waals surface area contributed by atoms with Crippen LogP contribution in [0.4, 0.5) is 9.93 Å². The number of aliphatic hydroxyl groups is 1. The maximum atomic E-state index is 12.7. The van der Waals surface area contributed by atoms with Crippen LogP contribution in [0.25, 0.3) is 10.6 Å². The molecule has 0 saturated carbocycles. The molecule has 1 aromatic carbocycles. The number of rotatable bonds is 4. The van der Waals surface area contributed by atoms with Crippen molar-refractivity contribution in [2.45, 2.75) is 19.3 Å². The Bertz CT molecular complexity index is 941. The molecule has 2 atom stereocenters. The van der Waals surface area contributed by atoms with E-state index in [1.165, 1.54) is 16.9 Å². The first-order valence-corrected chi connectivity index (χ1v) is 10.0. The molecule has 3 N–H and O–H groups in total. The molecule has 3 aromatic rings. The van der Waals surface area contributed by atoms with Crippen LogP contribution in [0.15, 0.2) is 36.5 Å². The smallest absolute Gasteiger partial charge is 0.323 e. The van der Waals surface area contributed by atoms with Gasteiger partial charge in [-0.05, 0) is 24.8 Å². The Morgan fingerprint density at radius 3 is 2.89 bits per heavy atom. The summed E-state index contributed by atoms with van der Waals surface area (Å²) >= 11 is 1.31. The van der Waals surface area contributed by atoms with Gasteiger partial charge in [-0.25, -0.2) is 4.79 Å². The first-order chi connectivity index (χ1) is 13.7. The number of carbonyl (C=O) groups is 1. The third-order valence-corrected chi connectivity index (χ3v) is 6.05. The maximum absolute atomic E-state index is 12.7. The summed E-state index contributed by atoms with van der Waals surface area (Å²) in [4.78, 5) is 14.4. The van der Waals surface area contributed by atoms with Crippen LogP contribution < -0.4 is 5.32 Å². The van der Waals surface area contributed by atoms with Gasteiger partial charge in [-0.15, -0.1) is 10.2 Å². The van der Waals surface area contributed by atoms with Crippen molar-refractivity contribution in [3.63, 3.8) is 0 Å². The number of anilines is 1. The largest absolute Gasteiger partial charge is 0.396 e. The van der Waals surface area contributed by atoms with Gasteiger partial charge in [0.2, 0.25) is 5.13 Å². The van der Waals surface area contributed by atoms with Crippen molar-refractivity contribution in [1.29, 1.82) is 0 Å². The van der Waals surface area contributed by atoms with Crippen LogP contribution in [0.3, 0.4) is 0 Å². The molecule has 4 rings (SSSR count). The third-order valence-electron chi connectivity index (χ3n) is 5.18. The molecule has 1 aliphatic rings. The van der Waals surface area contributed by atoms with Crippen LogP contribution in [0.1, 0.15) is 23.6 Å². The van der Waals surface area contributed by atoms with Crippen LogP contribution in [-0.4, -0.2) is 56.1 Å². The first kappa shape index (κ1) is 18.6. The van der Waals surface area contributed by atoms with Gasteiger partial charge < -0.3 is 10.0 Å². The number of hydrogen-bond donors (Lipinski definition) is 3. The lowest BCUT2D eigenvalue weighted by Crippen LogP contribution is -2.46. The number of H-pyrrole nitrogens is 1. The zero-order valence-electron chi connectivity index (χ0n) is 15.5. The second-order valence-electron chi connectivity index (χ2n) is 6.95. The fourth-order valence-corrected chi connectivity index (χ4v) is 4.46. The Kier molecular flexibility index (Phi) is 5.36. The lowest BCUT2D eigenvalue weighted by molar-refractivity contribution is 0.119. The molecular weight excluding hydrogens is 376 g/mol. The lowest BCUT2D eigenvalue weighted by Gasteiger charge is -2.37. The van der Waals surface area contributed by atoms with E-state index in [0.717, 1.165) is 17.7 Å². The molecule has 2 aromatic heterocycles. The van der Waals surface area contributed by atoms with Gasteiger partial charge in [0.05, 0.1) is 11.8 Å².